The summed E-state index contributed by atoms with van der Waals surface area (Å²) in [6, 6.07) is 14.7. The van der Waals surface area contributed by atoms with E-state index in [2.05, 4.69) is 58.4 Å². The molecule has 0 bridgehead atoms. The van der Waals surface area contributed by atoms with Gasteiger partial charge in [-0.2, -0.15) is 0 Å². The lowest BCUT2D eigenvalue weighted by atomic mass is 9.75. The Balaban J connectivity index is 0.700. The molecule has 4 saturated heterocycles. The quantitative estimate of drug-likeness (QED) is 0.0693. The van der Waals surface area contributed by atoms with Gasteiger partial charge >= 0.3 is 0 Å². The highest BCUT2D eigenvalue weighted by molar-refractivity contribution is 7.13. The number of fused-ring (bicyclic) bond motifs is 1. The highest BCUT2D eigenvalue weighted by Crippen LogP contribution is 2.41. The van der Waals surface area contributed by atoms with Gasteiger partial charge in [-0.05, 0) is 105 Å². The molecule has 9 rings (SSSR count). The lowest BCUT2D eigenvalue weighted by Crippen LogP contribution is -2.71. The van der Waals surface area contributed by atoms with E-state index in [0.29, 0.717) is 47.5 Å². The van der Waals surface area contributed by atoms with Crippen LogP contribution in [-0.4, -0.2) is 120 Å². The Labute approximate surface area is 440 Å². The number of anilines is 2. The second kappa shape index (κ2) is 22.4. The number of likely N-dealkylation sites (tertiary alicyclic amines) is 1. The number of rotatable bonds is 19. The zero-order chi connectivity index (χ0) is 51.6. The maximum atomic E-state index is 14.7. The van der Waals surface area contributed by atoms with Crippen molar-refractivity contribution in [2.45, 2.75) is 131 Å². The molecule has 392 valence electrons. The first-order valence-electron chi connectivity index (χ1n) is 26.8. The lowest BCUT2D eigenvalue weighted by Gasteiger charge is -2.56. The zero-order valence-electron chi connectivity index (χ0n) is 44.1. The van der Waals surface area contributed by atoms with Gasteiger partial charge in [0.15, 0.2) is 0 Å². The third kappa shape index (κ3) is 11.9. The average molecular weight is 1040 g/mol. The van der Waals surface area contributed by atoms with Crippen LogP contribution in [0.25, 0.3) is 21.5 Å². The number of benzene rings is 3. The van der Waals surface area contributed by atoms with Crippen molar-refractivity contribution < 1.29 is 18.8 Å². The Morgan fingerprint density at radius 3 is 2.22 bits per heavy atom. The number of imidazole rings is 1. The van der Waals surface area contributed by atoms with E-state index in [9.17, 15) is 18.8 Å². The van der Waals surface area contributed by atoms with Crippen LogP contribution >= 0.6 is 22.9 Å². The van der Waals surface area contributed by atoms with Crippen LogP contribution in [0.2, 0.25) is 5.02 Å². The fraction of sp³-hybridized carbons (Fsp3) is 0.561. The van der Waals surface area contributed by atoms with Crippen LogP contribution in [0, 0.1) is 37.4 Å². The number of aryl methyl sites for hydroxylation is 3. The van der Waals surface area contributed by atoms with E-state index < -0.39 is 17.5 Å². The van der Waals surface area contributed by atoms with Crippen molar-refractivity contribution in [1.82, 2.24) is 40.3 Å². The molecule has 0 unspecified atom stereocenters. The summed E-state index contributed by atoms with van der Waals surface area (Å²) in [6.07, 6.45) is 7.91. The third-order valence-corrected chi connectivity index (χ3v) is 17.0. The molecule has 13 nitrogen and oxygen atoms in total. The summed E-state index contributed by atoms with van der Waals surface area (Å²) in [5.41, 5.74) is 10.2. The molecule has 3 aromatic carbocycles. The van der Waals surface area contributed by atoms with Gasteiger partial charge in [-0.15, -0.1) is 11.3 Å². The molecule has 0 saturated carbocycles. The molecule has 0 aliphatic carbocycles. The molecule has 3 amide bonds. The Bertz CT molecular complexity index is 2750. The number of amides is 3. The normalized spacial score (nSPS) is 18.8. The topological polar surface area (TPSA) is 131 Å². The van der Waals surface area contributed by atoms with Crippen LogP contribution in [0.4, 0.5) is 16.0 Å². The van der Waals surface area contributed by atoms with E-state index in [-0.39, 0.29) is 29.6 Å². The predicted molar refractivity (Wildman–Crippen MR) is 293 cm³/mol. The molecule has 16 heteroatoms. The van der Waals surface area contributed by atoms with Crippen molar-refractivity contribution in [3.63, 3.8) is 0 Å². The van der Waals surface area contributed by atoms with Gasteiger partial charge in [0.2, 0.25) is 23.7 Å². The maximum Gasteiger partial charge on any atom is 0.246 e. The molecule has 6 heterocycles. The molecule has 3 atom stereocenters. The van der Waals surface area contributed by atoms with Crippen LogP contribution in [0.1, 0.15) is 119 Å². The van der Waals surface area contributed by atoms with Crippen LogP contribution in [-0.2, 0) is 20.9 Å². The number of hydrogen-bond donors (Lipinski definition) is 3. The van der Waals surface area contributed by atoms with Gasteiger partial charge in [0.25, 0.3) is 0 Å². The summed E-state index contributed by atoms with van der Waals surface area (Å²) in [4.78, 5) is 61.1. The molecule has 1 spiro atoms. The SMILES string of the molecule is Cc1cc(Cn2c(N3CC4(CNC4)C3)nc3c(N4CCN(CCCCCCCCC(=O)N[C@H](C(=O)N5CCC[C@H]5C(=O)N[C@@H](C)c5ccc(-c6scnc6C)cc5)C(C)(C)C)CC4)cc(Cl)cc32)cc(C)c1F. The van der Waals surface area contributed by atoms with Gasteiger partial charge in [0, 0.05) is 75.8 Å². The Morgan fingerprint density at radius 2 is 1.58 bits per heavy atom. The monoisotopic (exact) mass is 1030 g/mol. The molecule has 3 N–H and O–H groups in total. The molecule has 4 aliphatic rings. The van der Waals surface area contributed by atoms with Gasteiger partial charge in [-0.3, -0.25) is 19.3 Å². The highest BCUT2D eigenvalue weighted by Gasteiger charge is 2.49. The number of halogens is 2. The third-order valence-electron chi connectivity index (χ3n) is 15.8. The molecule has 0 radical (unpaired) electrons. The smallest absolute Gasteiger partial charge is 0.246 e. The number of nitrogens with one attached hydrogen (secondary N) is 3. The number of unbranched alkanes of at least 4 members (excludes halogenated alkanes) is 5. The summed E-state index contributed by atoms with van der Waals surface area (Å²) < 4.78 is 16.9. The molecular formula is C57H76ClFN10O3S. The van der Waals surface area contributed by atoms with Crippen molar-refractivity contribution in [2.24, 2.45) is 10.8 Å². The minimum Gasteiger partial charge on any atom is -0.367 e. The molecule has 2 aromatic heterocycles. The first-order chi connectivity index (χ1) is 35.0. The van der Waals surface area contributed by atoms with E-state index in [1.54, 1.807) is 16.2 Å². The number of hydrogen-bond acceptors (Lipinski definition) is 10. The minimum absolute atomic E-state index is 0.114. The Hall–Kier alpha value is -5.09. The molecule has 73 heavy (non-hydrogen) atoms. The van der Waals surface area contributed by atoms with E-state index in [4.69, 9.17) is 16.6 Å². The molecule has 4 aliphatic heterocycles. The number of aromatic nitrogens is 3. The largest absolute Gasteiger partial charge is 0.367 e. The predicted octanol–water partition coefficient (Wildman–Crippen LogP) is 9.59. The molecule has 4 fully saturated rings. The van der Waals surface area contributed by atoms with Gasteiger partial charge in [0.05, 0.1) is 39.9 Å². The molecular weight excluding hydrogens is 959 g/mol. The number of piperazine rings is 1. The number of carbonyl (C=O) groups is 3. The lowest BCUT2D eigenvalue weighted by molar-refractivity contribution is -0.144. The fourth-order valence-electron chi connectivity index (χ4n) is 11.5. The van der Waals surface area contributed by atoms with E-state index >= 15 is 0 Å². The van der Waals surface area contributed by atoms with Crippen LogP contribution < -0.4 is 25.8 Å². The summed E-state index contributed by atoms with van der Waals surface area (Å²) in [7, 11) is 0. The standard InChI is InChI=1S/C57H76ClFN10O3S/c1-37-27-41(28-38(2)49(37)59)31-69-47-30-44(58)29-46(50(47)64-55(69)67-34-57(35-67)32-60-33-57)66-25-23-65(24-26-66)21-13-11-9-8-10-12-16-48(70)63-52(56(5,6)7)54(72)68-22-14-15-45(68)53(71)62-39(3)42-17-19-43(20-18-42)51-40(4)61-36-73-51/h17-20,27-30,36,39,45,52,60H,8-16,21-26,31-35H2,1-7H3,(H,62,71)(H,63,70)/t39-,45-,52+/m0/s1. The van der Waals surface area contributed by atoms with Crippen LogP contribution in [0.5, 0.6) is 0 Å². The molecule has 5 aromatic rings. The van der Waals surface area contributed by atoms with Crippen molar-refractivity contribution in [3.05, 3.63) is 92.8 Å². The van der Waals surface area contributed by atoms with Gasteiger partial charge in [-0.25, -0.2) is 14.4 Å². The first kappa shape index (κ1) is 52.8. The summed E-state index contributed by atoms with van der Waals surface area (Å²) in [6.45, 7) is 23.5. The van der Waals surface area contributed by atoms with E-state index in [1.165, 1.54) is 0 Å². The van der Waals surface area contributed by atoms with Gasteiger partial charge < -0.3 is 35.2 Å². The summed E-state index contributed by atoms with van der Waals surface area (Å²) >= 11 is 8.52. The number of carbonyl (C=O) groups excluding carboxylic acids is 3. The van der Waals surface area contributed by atoms with Crippen molar-refractivity contribution in [3.8, 4) is 10.4 Å². The van der Waals surface area contributed by atoms with Crippen LogP contribution in [0.15, 0.2) is 54.0 Å². The van der Waals surface area contributed by atoms with E-state index in [1.807, 2.05) is 84.3 Å². The first-order valence-corrected chi connectivity index (χ1v) is 28.0. The number of thiazole rings is 1. The summed E-state index contributed by atoms with van der Waals surface area (Å²) in [5.74, 6) is 0.347. The van der Waals surface area contributed by atoms with Crippen molar-refractivity contribution in [1.29, 1.82) is 0 Å². The zero-order valence-corrected chi connectivity index (χ0v) is 45.7. The Kier molecular flexibility index (Phi) is 16.2. The Morgan fingerprint density at radius 1 is 0.890 bits per heavy atom. The van der Waals surface area contributed by atoms with Gasteiger partial charge in [-0.1, -0.05) is 94.5 Å². The highest BCUT2D eigenvalue weighted by atomic mass is 35.5. The minimum atomic E-state index is -0.728. The van der Waals surface area contributed by atoms with Crippen LogP contribution in [0.3, 0.4) is 0 Å². The average Bonchev–Trinajstić information content (AvgIpc) is 4.09. The van der Waals surface area contributed by atoms with Gasteiger partial charge in [0.1, 0.15) is 23.4 Å². The number of nitrogens with zero attached hydrogens (tertiary/aromatic N) is 7. The van der Waals surface area contributed by atoms with E-state index in [0.717, 1.165) is 154 Å². The second-order valence-electron chi connectivity index (χ2n) is 22.7. The fourth-order valence-corrected chi connectivity index (χ4v) is 12.5. The second-order valence-corrected chi connectivity index (χ2v) is 24.0. The van der Waals surface area contributed by atoms with Crippen molar-refractivity contribution in [2.75, 3.05) is 75.2 Å². The maximum absolute atomic E-state index is 14.7. The van der Waals surface area contributed by atoms with Crippen molar-refractivity contribution >= 4 is 63.3 Å². The summed E-state index contributed by atoms with van der Waals surface area (Å²) in [5, 5.41) is 10.4.